The van der Waals surface area contributed by atoms with E-state index in [-0.39, 0.29) is 11.5 Å². The fourth-order valence-corrected chi connectivity index (χ4v) is 1.62. The molecule has 1 aliphatic rings. The van der Waals surface area contributed by atoms with E-state index in [1.807, 2.05) is 18.7 Å². The highest BCUT2D eigenvalue weighted by Crippen LogP contribution is 2.15. The molecule has 0 spiro atoms. The molecule has 0 radical (unpaired) electrons. The molecule has 4 nitrogen and oxygen atoms in total. The molecular formula is C11H20N2O2. The molecule has 0 atom stereocenters. The third-order valence-electron chi connectivity index (χ3n) is 2.34. The van der Waals surface area contributed by atoms with Crippen molar-refractivity contribution in [2.75, 3.05) is 32.8 Å². The molecular weight excluding hydrogens is 192 g/mol. The van der Waals surface area contributed by atoms with Gasteiger partial charge in [0.25, 0.3) is 0 Å². The Balaban J connectivity index is 2.35. The highest BCUT2D eigenvalue weighted by molar-refractivity contribution is 5.78. The van der Waals surface area contributed by atoms with Gasteiger partial charge in [-0.25, -0.2) is 0 Å². The maximum absolute atomic E-state index is 11.7. The monoisotopic (exact) mass is 212 g/mol. The van der Waals surface area contributed by atoms with Crippen LogP contribution in [0.5, 0.6) is 0 Å². The zero-order valence-electron chi connectivity index (χ0n) is 9.58. The summed E-state index contributed by atoms with van der Waals surface area (Å²) in [5.41, 5.74) is -0.216. The van der Waals surface area contributed by atoms with Gasteiger partial charge in [-0.1, -0.05) is 6.08 Å². The second-order valence-electron chi connectivity index (χ2n) is 4.34. The predicted octanol–water partition coefficient (Wildman–Crippen LogP) is 0.399. The molecule has 1 heterocycles. The first-order chi connectivity index (χ1) is 7.05. The topological polar surface area (TPSA) is 41.6 Å². The largest absolute Gasteiger partial charge is 0.372 e. The molecule has 86 valence electrons. The molecule has 0 bridgehead atoms. The van der Waals surface area contributed by atoms with Crippen molar-refractivity contribution < 1.29 is 9.53 Å². The van der Waals surface area contributed by atoms with Crippen molar-refractivity contribution in [2.45, 2.75) is 19.4 Å². The lowest BCUT2D eigenvalue weighted by molar-refractivity contribution is -0.144. The zero-order valence-corrected chi connectivity index (χ0v) is 9.58. The molecule has 0 aliphatic carbocycles. The predicted molar refractivity (Wildman–Crippen MR) is 59.7 cm³/mol. The molecule has 1 fully saturated rings. The summed E-state index contributed by atoms with van der Waals surface area (Å²) >= 11 is 0. The number of hydrogen-bond acceptors (Lipinski definition) is 3. The average Bonchev–Trinajstić information content (AvgIpc) is 2.16. The SMILES string of the molecule is C=CCNCC(=O)N1CCOC(C)(C)C1. The van der Waals surface area contributed by atoms with E-state index in [9.17, 15) is 4.79 Å². The Bertz CT molecular complexity index is 239. The van der Waals surface area contributed by atoms with Crippen molar-refractivity contribution in [1.82, 2.24) is 10.2 Å². The standard InChI is InChI=1S/C11H20N2O2/c1-4-5-12-8-10(14)13-6-7-15-11(2,3)9-13/h4,12H,1,5-9H2,2-3H3. The summed E-state index contributed by atoms with van der Waals surface area (Å²) in [7, 11) is 0. The van der Waals surface area contributed by atoms with E-state index < -0.39 is 0 Å². The molecule has 1 rings (SSSR count). The zero-order chi connectivity index (χ0) is 11.3. The second kappa shape index (κ2) is 5.28. The van der Waals surface area contributed by atoms with E-state index in [0.29, 0.717) is 32.8 Å². The number of ether oxygens (including phenoxy) is 1. The minimum absolute atomic E-state index is 0.133. The van der Waals surface area contributed by atoms with Crippen LogP contribution in [-0.2, 0) is 9.53 Å². The molecule has 1 aliphatic heterocycles. The minimum Gasteiger partial charge on any atom is -0.372 e. The van der Waals surface area contributed by atoms with Gasteiger partial charge in [0.15, 0.2) is 0 Å². The van der Waals surface area contributed by atoms with Crippen LogP contribution in [0.15, 0.2) is 12.7 Å². The van der Waals surface area contributed by atoms with Crippen LogP contribution in [0.3, 0.4) is 0 Å². The van der Waals surface area contributed by atoms with Crippen LogP contribution in [0.4, 0.5) is 0 Å². The normalized spacial score (nSPS) is 20.0. The maximum atomic E-state index is 11.7. The minimum atomic E-state index is -0.216. The van der Waals surface area contributed by atoms with Crippen molar-refractivity contribution in [2.24, 2.45) is 0 Å². The summed E-state index contributed by atoms with van der Waals surface area (Å²) in [6.07, 6.45) is 1.75. The van der Waals surface area contributed by atoms with E-state index in [1.165, 1.54) is 0 Å². The van der Waals surface area contributed by atoms with Crippen LogP contribution < -0.4 is 5.32 Å². The maximum Gasteiger partial charge on any atom is 0.236 e. The number of carbonyl (C=O) groups is 1. The Kier molecular flexibility index (Phi) is 4.29. The lowest BCUT2D eigenvalue weighted by Gasteiger charge is -2.38. The van der Waals surface area contributed by atoms with Gasteiger partial charge in [0.05, 0.1) is 18.8 Å². The van der Waals surface area contributed by atoms with Crippen LogP contribution in [-0.4, -0.2) is 49.2 Å². The molecule has 1 saturated heterocycles. The van der Waals surface area contributed by atoms with Gasteiger partial charge in [0.1, 0.15) is 0 Å². The van der Waals surface area contributed by atoms with Crippen molar-refractivity contribution >= 4 is 5.91 Å². The summed E-state index contributed by atoms with van der Waals surface area (Å²) in [5, 5.41) is 3.01. The van der Waals surface area contributed by atoms with Gasteiger partial charge in [0.2, 0.25) is 5.91 Å². The Morgan fingerprint density at radius 1 is 1.67 bits per heavy atom. The molecule has 1 amide bonds. The van der Waals surface area contributed by atoms with Gasteiger partial charge in [-0.15, -0.1) is 6.58 Å². The molecule has 1 N–H and O–H groups in total. The molecule has 0 aromatic carbocycles. The number of carbonyl (C=O) groups excluding carboxylic acids is 1. The van der Waals surface area contributed by atoms with Gasteiger partial charge >= 0.3 is 0 Å². The number of hydrogen-bond donors (Lipinski definition) is 1. The van der Waals surface area contributed by atoms with Crippen LogP contribution in [0.2, 0.25) is 0 Å². The lowest BCUT2D eigenvalue weighted by Crippen LogP contribution is -2.52. The number of morpholine rings is 1. The first kappa shape index (κ1) is 12.2. The Hall–Kier alpha value is -0.870. The van der Waals surface area contributed by atoms with E-state index in [2.05, 4.69) is 11.9 Å². The molecule has 0 unspecified atom stereocenters. The van der Waals surface area contributed by atoms with E-state index in [4.69, 9.17) is 4.74 Å². The van der Waals surface area contributed by atoms with Gasteiger partial charge in [0, 0.05) is 19.6 Å². The summed E-state index contributed by atoms with van der Waals surface area (Å²) in [5.74, 6) is 0.133. The molecule has 0 saturated carbocycles. The van der Waals surface area contributed by atoms with Crippen LogP contribution in [0, 0.1) is 0 Å². The fraction of sp³-hybridized carbons (Fsp3) is 0.727. The third kappa shape index (κ3) is 4.01. The van der Waals surface area contributed by atoms with Crippen molar-refractivity contribution in [1.29, 1.82) is 0 Å². The average molecular weight is 212 g/mol. The number of nitrogens with one attached hydrogen (secondary N) is 1. The van der Waals surface area contributed by atoms with Crippen LogP contribution in [0.1, 0.15) is 13.8 Å². The van der Waals surface area contributed by atoms with Crippen LogP contribution >= 0.6 is 0 Å². The lowest BCUT2D eigenvalue weighted by atomic mass is 10.1. The summed E-state index contributed by atoms with van der Waals surface area (Å²) < 4.78 is 5.54. The molecule has 4 heteroatoms. The quantitative estimate of drug-likeness (QED) is 0.542. The molecule has 0 aromatic rings. The Labute approximate surface area is 91.3 Å². The van der Waals surface area contributed by atoms with Gasteiger partial charge in [-0.2, -0.15) is 0 Å². The fourth-order valence-electron chi connectivity index (χ4n) is 1.62. The first-order valence-electron chi connectivity index (χ1n) is 5.28. The van der Waals surface area contributed by atoms with Gasteiger partial charge < -0.3 is 15.0 Å². The highest BCUT2D eigenvalue weighted by atomic mass is 16.5. The van der Waals surface area contributed by atoms with Crippen molar-refractivity contribution in [3.63, 3.8) is 0 Å². The van der Waals surface area contributed by atoms with E-state index in [1.54, 1.807) is 6.08 Å². The molecule has 0 aromatic heterocycles. The van der Waals surface area contributed by atoms with Crippen LogP contribution in [0.25, 0.3) is 0 Å². The third-order valence-corrected chi connectivity index (χ3v) is 2.34. The number of amides is 1. The van der Waals surface area contributed by atoms with Gasteiger partial charge in [-0.05, 0) is 13.8 Å². The Morgan fingerprint density at radius 3 is 3.00 bits per heavy atom. The summed E-state index contributed by atoms with van der Waals surface area (Å²) in [6.45, 7) is 10.6. The molecule has 15 heavy (non-hydrogen) atoms. The highest BCUT2D eigenvalue weighted by Gasteiger charge is 2.29. The van der Waals surface area contributed by atoms with E-state index in [0.717, 1.165) is 0 Å². The first-order valence-corrected chi connectivity index (χ1v) is 5.28. The summed E-state index contributed by atoms with van der Waals surface area (Å²) in [6, 6.07) is 0. The van der Waals surface area contributed by atoms with Crippen molar-refractivity contribution in [3.8, 4) is 0 Å². The van der Waals surface area contributed by atoms with Gasteiger partial charge in [-0.3, -0.25) is 4.79 Å². The smallest absolute Gasteiger partial charge is 0.236 e. The summed E-state index contributed by atoms with van der Waals surface area (Å²) in [4.78, 5) is 13.6. The number of rotatable bonds is 4. The number of nitrogens with zero attached hydrogens (tertiary/aromatic N) is 1. The second-order valence-corrected chi connectivity index (χ2v) is 4.34. The Morgan fingerprint density at radius 2 is 2.40 bits per heavy atom. The van der Waals surface area contributed by atoms with E-state index >= 15 is 0 Å². The van der Waals surface area contributed by atoms with Crippen molar-refractivity contribution in [3.05, 3.63) is 12.7 Å².